The molecule has 0 heterocycles. The largest absolute Gasteiger partial charge is 0.323 e. The van der Waals surface area contributed by atoms with Crippen molar-refractivity contribution in [3.05, 3.63) is 41.0 Å². The van der Waals surface area contributed by atoms with Gasteiger partial charge in [-0.1, -0.05) is 40.9 Å². The van der Waals surface area contributed by atoms with Crippen LogP contribution in [-0.4, -0.2) is 6.03 Å². The van der Waals surface area contributed by atoms with Gasteiger partial charge in [-0.3, -0.25) is 0 Å². The van der Waals surface area contributed by atoms with E-state index in [-0.39, 0.29) is 6.03 Å². The van der Waals surface area contributed by atoms with Crippen LogP contribution in [0.5, 0.6) is 0 Å². The van der Waals surface area contributed by atoms with Gasteiger partial charge in [-0.05, 0) is 37.0 Å². The van der Waals surface area contributed by atoms with E-state index in [1.54, 1.807) is 6.20 Å². The Morgan fingerprint density at radius 3 is 2.83 bits per heavy atom. The Hall–Kier alpha value is -1.29. The number of rotatable bonds is 3. The number of hydrogen-bond acceptors (Lipinski definition) is 1. The van der Waals surface area contributed by atoms with Crippen LogP contribution in [0.25, 0.3) is 0 Å². The van der Waals surface area contributed by atoms with Gasteiger partial charge in [0.2, 0.25) is 0 Å². The Bertz CT molecular complexity index is 439. The molecule has 96 valence electrons. The average Bonchev–Trinajstić information content (AvgIpc) is 2.82. The first-order valence-corrected chi connectivity index (χ1v) is 7.03. The van der Waals surface area contributed by atoms with E-state index >= 15 is 0 Å². The Morgan fingerprint density at radius 1 is 1.33 bits per heavy atom. The number of carbonyl (C=O) groups excluding carboxylic acids is 1. The van der Waals surface area contributed by atoms with Crippen molar-refractivity contribution in [3.8, 4) is 0 Å². The third-order valence-electron chi connectivity index (χ3n) is 3.07. The molecule has 0 aliphatic heterocycles. The molecule has 2 rings (SSSR count). The van der Waals surface area contributed by atoms with Gasteiger partial charge in [-0.25, -0.2) is 4.79 Å². The maximum absolute atomic E-state index is 11.6. The van der Waals surface area contributed by atoms with E-state index in [9.17, 15) is 4.79 Å². The summed E-state index contributed by atoms with van der Waals surface area (Å²) in [5.74, 6) is 0.635. The number of amides is 2. The van der Waals surface area contributed by atoms with Crippen molar-refractivity contribution in [2.45, 2.75) is 25.7 Å². The highest BCUT2D eigenvalue weighted by Gasteiger charge is 2.11. The van der Waals surface area contributed by atoms with E-state index in [0.717, 1.165) is 10.2 Å². The Morgan fingerprint density at radius 2 is 2.11 bits per heavy atom. The first kappa shape index (κ1) is 13.1. The lowest BCUT2D eigenvalue weighted by Crippen LogP contribution is -2.23. The van der Waals surface area contributed by atoms with Crippen molar-refractivity contribution in [2.24, 2.45) is 5.92 Å². The first-order valence-electron chi connectivity index (χ1n) is 6.24. The zero-order chi connectivity index (χ0) is 12.8. The molecule has 0 bridgehead atoms. The molecular weight excluding hydrogens is 292 g/mol. The smallest absolute Gasteiger partial charge is 0.315 e. The summed E-state index contributed by atoms with van der Waals surface area (Å²) in [6.45, 7) is 0. The highest BCUT2D eigenvalue weighted by Crippen LogP contribution is 2.25. The second-order valence-corrected chi connectivity index (χ2v) is 5.43. The molecule has 1 aliphatic rings. The van der Waals surface area contributed by atoms with Gasteiger partial charge in [0, 0.05) is 16.4 Å². The predicted octanol–water partition coefficient (Wildman–Crippen LogP) is 4.27. The number of urea groups is 1. The van der Waals surface area contributed by atoms with Gasteiger partial charge in [-0.15, -0.1) is 0 Å². The van der Waals surface area contributed by atoms with Gasteiger partial charge in [0.1, 0.15) is 0 Å². The average molecular weight is 309 g/mol. The molecule has 3 nitrogen and oxygen atoms in total. The van der Waals surface area contributed by atoms with Gasteiger partial charge in [-0.2, -0.15) is 0 Å². The fraction of sp³-hybridized carbons (Fsp3) is 0.357. The highest BCUT2D eigenvalue weighted by atomic mass is 79.9. The molecule has 1 aliphatic carbocycles. The van der Waals surface area contributed by atoms with Gasteiger partial charge in [0.15, 0.2) is 0 Å². The maximum atomic E-state index is 11.6. The summed E-state index contributed by atoms with van der Waals surface area (Å²) in [7, 11) is 0. The molecule has 0 atom stereocenters. The van der Waals surface area contributed by atoms with E-state index in [2.05, 4.69) is 32.6 Å². The van der Waals surface area contributed by atoms with E-state index in [1.807, 2.05) is 24.3 Å². The standard InChI is InChI=1S/C14H17BrN2O/c15-12-6-3-7-13(10-12)17-14(18)16-9-8-11-4-1-2-5-11/h3,6-11H,1-2,4-5H2,(H2,16,17,18)/b9-8+. The molecule has 0 aromatic heterocycles. The van der Waals surface area contributed by atoms with Crippen LogP contribution in [0.4, 0.5) is 10.5 Å². The summed E-state index contributed by atoms with van der Waals surface area (Å²) in [5.41, 5.74) is 0.774. The molecule has 18 heavy (non-hydrogen) atoms. The molecule has 1 fully saturated rings. The summed E-state index contributed by atoms with van der Waals surface area (Å²) in [5, 5.41) is 5.51. The summed E-state index contributed by atoms with van der Waals surface area (Å²) in [6, 6.07) is 7.31. The molecule has 0 unspecified atom stereocenters. The molecule has 0 saturated heterocycles. The van der Waals surface area contributed by atoms with Gasteiger partial charge < -0.3 is 10.6 Å². The third-order valence-corrected chi connectivity index (χ3v) is 3.56. The van der Waals surface area contributed by atoms with Crippen LogP contribution >= 0.6 is 15.9 Å². The second-order valence-electron chi connectivity index (χ2n) is 4.51. The number of hydrogen-bond donors (Lipinski definition) is 2. The molecule has 0 radical (unpaired) electrons. The number of allylic oxidation sites excluding steroid dienone is 1. The molecule has 2 N–H and O–H groups in total. The van der Waals surface area contributed by atoms with E-state index < -0.39 is 0 Å². The Kier molecular flexibility index (Phi) is 4.81. The lowest BCUT2D eigenvalue weighted by molar-refractivity contribution is 0.255. The van der Waals surface area contributed by atoms with Crippen LogP contribution in [0.2, 0.25) is 0 Å². The van der Waals surface area contributed by atoms with Crippen LogP contribution in [0, 0.1) is 5.92 Å². The van der Waals surface area contributed by atoms with Crippen molar-refractivity contribution in [3.63, 3.8) is 0 Å². The van der Waals surface area contributed by atoms with Gasteiger partial charge in [0.25, 0.3) is 0 Å². The summed E-state index contributed by atoms with van der Waals surface area (Å²) in [4.78, 5) is 11.6. The van der Waals surface area contributed by atoms with Crippen molar-refractivity contribution in [1.29, 1.82) is 0 Å². The third kappa shape index (κ3) is 4.18. The molecule has 1 aromatic rings. The quantitative estimate of drug-likeness (QED) is 0.860. The highest BCUT2D eigenvalue weighted by molar-refractivity contribution is 9.10. The minimum Gasteiger partial charge on any atom is -0.315 e. The minimum atomic E-state index is -0.206. The van der Waals surface area contributed by atoms with E-state index in [1.165, 1.54) is 25.7 Å². The molecule has 0 spiro atoms. The predicted molar refractivity (Wildman–Crippen MR) is 77.4 cm³/mol. The van der Waals surface area contributed by atoms with Gasteiger partial charge in [0.05, 0.1) is 0 Å². The first-order chi connectivity index (χ1) is 8.74. The molecular formula is C14H17BrN2O. The zero-order valence-electron chi connectivity index (χ0n) is 10.2. The number of nitrogens with one attached hydrogen (secondary N) is 2. The zero-order valence-corrected chi connectivity index (χ0v) is 11.7. The monoisotopic (exact) mass is 308 g/mol. The fourth-order valence-corrected chi connectivity index (χ4v) is 2.54. The maximum Gasteiger partial charge on any atom is 0.323 e. The number of halogens is 1. The summed E-state index contributed by atoms with van der Waals surface area (Å²) < 4.78 is 0.946. The van der Waals surface area contributed by atoms with Crippen molar-refractivity contribution < 1.29 is 4.79 Å². The van der Waals surface area contributed by atoms with Crippen LogP contribution in [0.15, 0.2) is 41.0 Å². The van der Waals surface area contributed by atoms with Crippen LogP contribution < -0.4 is 10.6 Å². The van der Waals surface area contributed by atoms with Crippen LogP contribution in [0.3, 0.4) is 0 Å². The Balaban J connectivity index is 1.78. The van der Waals surface area contributed by atoms with Crippen molar-refractivity contribution in [1.82, 2.24) is 5.32 Å². The van der Waals surface area contributed by atoms with Crippen LogP contribution in [-0.2, 0) is 0 Å². The SMILES string of the molecule is O=C(N/C=C/C1CCCC1)Nc1cccc(Br)c1. The summed E-state index contributed by atoms with van der Waals surface area (Å²) in [6.07, 6.45) is 8.94. The van der Waals surface area contributed by atoms with E-state index in [4.69, 9.17) is 0 Å². The lowest BCUT2D eigenvalue weighted by atomic mass is 10.1. The molecule has 4 heteroatoms. The summed E-state index contributed by atoms with van der Waals surface area (Å²) >= 11 is 3.36. The number of anilines is 1. The van der Waals surface area contributed by atoms with E-state index in [0.29, 0.717) is 5.92 Å². The number of carbonyl (C=O) groups is 1. The molecule has 1 saturated carbocycles. The molecule has 2 amide bonds. The Labute approximate surface area is 116 Å². The minimum absolute atomic E-state index is 0.206. The fourth-order valence-electron chi connectivity index (χ4n) is 2.14. The second kappa shape index (κ2) is 6.59. The number of benzene rings is 1. The van der Waals surface area contributed by atoms with Gasteiger partial charge >= 0.3 is 6.03 Å². The van der Waals surface area contributed by atoms with Crippen molar-refractivity contribution >= 4 is 27.6 Å². The normalized spacial score (nSPS) is 16.1. The van der Waals surface area contributed by atoms with Crippen molar-refractivity contribution in [2.75, 3.05) is 5.32 Å². The van der Waals surface area contributed by atoms with Crippen LogP contribution in [0.1, 0.15) is 25.7 Å². The lowest BCUT2D eigenvalue weighted by Gasteiger charge is -2.05. The molecule has 1 aromatic carbocycles. The topological polar surface area (TPSA) is 41.1 Å².